The molecule has 1 aliphatic rings. The second-order valence-electron chi connectivity index (χ2n) is 4.92. The van der Waals surface area contributed by atoms with Crippen molar-refractivity contribution in [3.63, 3.8) is 0 Å². The molecule has 1 saturated heterocycles. The highest BCUT2D eigenvalue weighted by molar-refractivity contribution is 5.90. The number of nitrogens with one attached hydrogen (secondary N) is 2. The van der Waals surface area contributed by atoms with Crippen LogP contribution in [0.25, 0.3) is 0 Å². The number of primary amides is 1. The quantitative estimate of drug-likeness (QED) is 0.504. The molecule has 19 heavy (non-hydrogen) atoms. The average Bonchev–Trinajstić information content (AvgIpc) is 2.38. The van der Waals surface area contributed by atoms with E-state index in [4.69, 9.17) is 10.8 Å². The molecule has 0 saturated carbocycles. The summed E-state index contributed by atoms with van der Waals surface area (Å²) >= 11 is 0. The molecular formula is C12H21N3O4. The Kier molecular flexibility index (Phi) is 5.29. The molecule has 0 spiro atoms. The summed E-state index contributed by atoms with van der Waals surface area (Å²) in [6, 6.07) is -1.25. The molecule has 7 nitrogen and oxygen atoms in total. The Bertz CT molecular complexity index is 364. The largest absolute Gasteiger partial charge is 0.480 e. The molecule has 1 heterocycles. The minimum absolute atomic E-state index is 0.301. The zero-order valence-electron chi connectivity index (χ0n) is 11.1. The van der Waals surface area contributed by atoms with Gasteiger partial charge in [-0.2, -0.15) is 0 Å². The van der Waals surface area contributed by atoms with Crippen molar-refractivity contribution in [3.05, 3.63) is 0 Å². The number of carboxylic acids is 1. The van der Waals surface area contributed by atoms with Crippen molar-refractivity contribution in [2.45, 2.75) is 38.6 Å². The maximum Gasteiger partial charge on any atom is 0.326 e. The zero-order chi connectivity index (χ0) is 14.5. The zero-order valence-corrected chi connectivity index (χ0v) is 11.1. The van der Waals surface area contributed by atoms with Crippen molar-refractivity contribution in [2.75, 3.05) is 13.1 Å². The Morgan fingerprint density at radius 1 is 1.37 bits per heavy atom. The molecule has 108 valence electrons. The molecule has 1 aliphatic heterocycles. The smallest absolute Gasteiger partial charge is 0.326 e. The van der Waals surface area contributed by atoms with E-state index in [1.165, 1.54) is 0 Å². The van der Waals surface area contributed by atoms with Gasteiger partial charge in [-0.05, 0) is 32.4 Å². The number of nitrogens with two attached hydrogens (primary N) is 1. The third kappa shape index (κ3) is 3.92. The number of amides is 2. The summed E-state index contributed by atoms with van der Waals surface area (Å²) in [5.74, 6) is -2.29. The highest BCUT2D eigenvalue weighted by Gasteiger charge is 2.39. The van der Waals surface area contributed by atoms with Gasteiger partial charge >= 0.3 is 5.97 Å². The van der Waals surface area contributed by atoms with E-state index in [1.807, 2.05) is 6.92 Å². The Balaban J connectivity index is 2.74. The molecule has 1 rings (SSSR count). The summed E-state index contributed by atoms with van der Waals surface area (Å²) < 4.78 is 0. The van der Waals surface area contributed by atoms with Crippen LogP contribution < -0.4 is 16.4 Å². The second kappa shape index (κ2) is 6.51. The van der Waals surface area contributed by atoms with Crippen molar-refractivity contribution < 1.29 is 19.5 Å². The van der Waals surface area contributed by atoms with Crippen LogP contribution in [0.15, 0.2) is 0 Å². The van der Waals surface area contributed by atoms with Crippen LogP contribution in [0.1, 0.15) is 32.6 Å². The van der Waals surface area contributed by atoms with Gasteiger partial charge in [0.25, 0.3) is 0 Å². The standard InChI is InChI=1S/C12H21N3O4/c1-2-12(3-5-14-6-4-12)11(19)15-8(10(17)18)7-9(13)16/h8,14H,2-7H2,1H3,(H2,13,16)(H,15,19)(H,17,18)/t8-/m1/s1. The minimum Gasteiger partial charge on any atom is -0.480 e. The van der Waals surface area contributed by atoms with Crippen molar-refractivity contribution in [1.82, 2.24) is 10.6 Å². The summed E-state index contributed by atoms with van der Waals surface area (Å²) in [5.41, 5.74) is 4.44. The van der Waals surface area contributed by atoms with Gasteiger partial charge in [-0.1, -0.05) is 6.92 Å². The normalized spacial score (nSPS) is 19.4. The van der Waals surface area contributed by atoms with E-state index in [0.717, 1.165) is 13.1 Å². The van der Waals surface area contributed by atoms with Gasteiger partial charge in [0.15, 0.2) is 0 Å². The molecule has 0 aromatic rings. The van der Waals surface area contributed by atoms with Crippen LogP contribution in [0.5, 0.6) is 0 Å². The molecule has 0 aliphatic carbocycles. The molecule has 1 atom stereocenters. The van der Waals surface area contributed by atoms with Crippen molar-refractivity contribution in [1.29, 1.82) is 0 Å². The molecule has 0 bridgehead atoms. The number of carbonyl (C=O) groups excluding carboxylic acids is 2. The molecule has 5 N–H and O–H groups in total. The Morgan fingerprint density at radius 3 is 2.37 bits per heavy atom. The van der Waals surface area contributed by atoms with Gasteiger partial charge < -0.3 is 21.5 Å². The molecule has 7 heteroatoms. The fourth-order valence-corrected chi connectivity index (χ4v) is 2.36. The third-order valence-electron chi connectivity index (χ3n) is 3.73. The first-order chi connectivity index (χ1) is 8.91. The lowest BCUT2D eigenvalue weighted by Gasteiger charge is -2.36. The van der Waals surface area contributed by atoms with Gasteiger partial charge in [-0.3, -0.25) is 9.59 Å². The van der Waals surface area contributed by atoms with E-state index < -0.39 is 23.3 Å². The predicted octanol–water partition coefficient (Wildman–Crippen LogP) is -0.789. The van der Waals surface area contributed by atoms with Crippen LogP contribution in [0.2, 0.25) is 0 Å². The topological polar surface area (TPSA) is 122 Å². The Hall–Kier alpha value is -1.63. The number of hydrogen-bond acceptors (Lipinski definition) is 4. The van der Waals surface area contributed by atoms with Gasteiger partial charge in [-0.15, -0.1) is 0 Å². The molecule has 0 radical (unpaired) electrons. The molecular weight excluding hydrogens is 250 g/mol. The lowest BCUT2D eigenvalue weighted by atomic mass is 9.75. The summed E-state index contributed by atoms with van der Waals surface area (Å²) in [6.07, 6.45) is 1.58. The van der Waals surface area contributed by atoms with E-state index in [9.17, 15) is 14.4 Å². The number of carbonyl (C=O) groups is 3. The lowest BCUT2D eigenvalue weighted by Crippen LogP contribution is -2.52. The van der Waals surface area contributed by atoms with E-state index in [0.29, 0.717) is 19.3 Å². The number of rotatable bonds is 6. The predicted molar refractivity (Wildman–Crippen MR) is 68.2 cm³/mol. The lowest BCUT2D eigenvalue weighted by molar-refractivity contribution is -0.145. The molecule has 1 fully saturated rings. The van der Waals surface area contributed by atoms with Gasteiger partial charge in [-0.25, -0.2) is 4.79 Å². The first-order valence-corrected chi connectivity index (χ1v) is 6.44. The van der Waals surface area contributed by atoms with E-state index in [1.54, 1.807) is 0 Å². The fourth-order valence-electron chi connectivity index (χ4n) is 2.36. The van der Waals surface area contributed by atoms with Crippen LogP contribution in [0.3, 0.4) is 0 Å². The summed E-state index contributed by atoms with van der Waals surface area (Å²) in [5, 5.41) is 14.6. The first kappa shape index (κ1) is 15.4. The SMILES string of the molecule is CCC1(C(=O)N[C@H](CC(N)=O)C(=O)O)CCNCC1. The van der Waals surface area contributed by atoms with Crippen LogP contribution in [0.4, 0.5) is 0 Å². The van der Waals surface area contributed by atoms with Crippen LogP contribution >= 0.6 is 0 Å². The number of carboxylic acid groups (broad SMARTS) is 1. The Labute approximate surface area is 111 Å². The maximum atomic E-state index is 12.3. The van der Waals surface area contributed by atoms with Gasteiger partial charge in [0.2, 0.25) is 11.8 Å². The molecule has 0 aromatic heterocycles. The van der Waals surface area contributed by atoms with Gasteiger partial charge in [0.05, 0.1) is 11.8 Å². The number of aliphatic carboxylic acids is 1. The number of hydrogen-bond donors (Lipinski definition) is 4. The van der Waals surface area contributed by atoms with Crippen molar-refractivity contribution in [2.24, 2.45) is 11.1 Å². The van der Waals surface area contributed by atoms with E-state index in [-0.39, 0.29) is 12.3 Å². The highest BCUT2D eigenvalue weighted by atomic mass is 16.4. The summed E-state index contributed by atoms with van der Waals surface area (Å²) in [4.78, 5) is 34.1. The third-order valence-corrected chi connectivity index (χ3v) is 3.73. The van der Waals surface area contributed by atoms with Gasteiger partial charge in [0.1, 0.15) is 6.04 Å². The molecule has 0 unspecified atom stereocenters. The average molecular weight is 271 g/mol. The highest BCUT2D eigenvalue weighted by Crippen LogP contribution is 2.32. The van der Waals surface area contributed by atoms with Crippen molar-refractivity contribution in [3.8, 4) is 0 Å². The second-order valence-corrected chi connectivity index (χ2v) is 4.92. The van der Waals surface area contributed by atoms with Crippen LogP contribution in [0, 0.1) is 5.41 Å². The summed E-state index contributed by atoms with van der Waals surface area (Å²) in [7, 11) is 0. The summed E-state index contributed by atoms with van der Waals surface area (Å²) in [6.45, 7) is 3.37. The fraction of sp³-hybridized carbons (Fsp3) is 0.750. The monoisotopic (exact) mass is 271 g/mol. The molecule has 0 aromatic carbocycles. The first-order valence-electron chi connectivity index (χ1n) is 6.44. The van der Waals surface area contributed by atoms with Crippen LogP contribution in [-0.4, -0.2) is 42.0 Å². The number of piperidine rings is 1. The Morgan fingerprint density at radius 2 is 1.95 bits per heavy atom. The van der Waals surface area contributed by atoms with E-state index in [2.05, 4.69) is 10.6 Å². The maximum absolute atomic E-state index is 12.3. The molecule has 2 amide bonds. The van der Waals surface area contributed by atoms with Crippen molar-refractivity contribution >= 4 is 17.8 Å². The van der Waals surface area contributed by atoms with Crippen LogP contribution in [-0.2, 0) is 14.4 Å². The van der Waals surface area contributed by atoms with E-state index >= 15 is 0 Å². The van der Waals surface area contributed by atoms with Gasteiger partial charge in [0, 0.05) is 0 Å². The minimum atomic E-state index is -1.25.